The second kappa shape index (κ2) is 11.7. The Morgan fingerprint density at radius 3 is 2.56 bits per heavy atom. The summed E-state index contributed by atoms with van der Waals surface area (Å²) in [4.78, 5) is 7.97. The summed E-state index contributed by atoms with van der Waals surface area (Å²) in [7, 11) is 0. The molecule has 2 aromatic carbocycles. The van der Waals surface area contributed by atoms with Gasteiger partial charge < -0.3 is 10.1 Å². The van der Waals surface area contributed by atoms with Crippen molar-refractivity contribution in [2.75, 3.05) is 51.2 Å². The minimum absolute atomic E-state index is 0.253. The molecule has 7 nitrogen and oxygen atoms in total. The van der Waals surface area contributed by atoms with E-state index in [4.69, 9.17) is 16.3 Å². The van der Waals surface area contributed by atoms with Gasteiger partial charge in [-0.2, -0.15) is 23.4 Å². The number of nitrogens with one attached hydrogen (secondary N) is 1. The minimum atomic E-state index is -4.17. The summed E-state index contributed by atoms with van der Waals surface area (Å²) in [6.45, 7) is 2.09. The molecule has 0 amide bonds. The van der Waals surface area contributed by atoms with Gasteiger partial charge in [-0.05, 0) is 42.5 Å². The van der Waals surface area contributed by atoms with Crippen LogP contribution in [0, 0.1) is 5.82 Å². The topological polar surface area (TPSA) is 66.4 Å². The van der Waals surface area contributed by atoms with E-state index >= 15 is 0 Å². The molecule has 5 rings (SSSR count). The highest BCUT2D eigenvalue weighted by molar-refractivity contribution is 6.30. The third-order valence-corrected chi connectivity index (χ3v) is 6.63. The first-order valence-corrected chi connectivity index (χ1v) is 12.7. The Hall–Kier alpha value is -3.54. The monoisotopic (exact) mass is 560 g/mol. The van der Waals surface area contributed by atoms with Crippen molar-refractivity contribution in [1.82, 2.24) is 25.0 Å². The van der Waals surface area contributed by atoms with Gasteiger partial charge in [0.05, 0.1) is 29.6 Å². The van der Waals surface area contributed by atoms with Gasteiger partial charge in [0.15, 0.2) is 0 Å². The van der Waals surface area contributed by atoms with Gasteiger partial charge in [-0.25, -0.2) is 4.39 Å². The van der Waals surface area contributed by atoms with Crippen LogP contribution in [0.25, 0.3) is 22.2 Å². The Morgan fingerprint density at radius 1 is 0.974 bits per heavy atom. The molecule has 0 saturated carbocycles. The minimum Gasteiger partial charge on any atom is -0.492 e. The Labute approximate surface area is 227 Å². The van der Waals surface area contributed by atoms with Crippen molar-refractivity contribution in [3.8, 4) is 17.0 Å². The molecule has 0 radical (unpaired) electrons. The van der Waals surface area contributed by atoms with Crippen LogP contribution in [0.1, 0.15) is 0 Å². The molecule has 0 bridgehead atoms. The fraction of sp³-hybridized carbons (Fsp3) is 0.296. The maximum Gasteiger partial charge on any atom is 0.401 e. The molecule has 1 fully saturated rings. The summed E-state index contributed by atoms with van der Waals surface area (Å²) in [6, 6.07) is 13.3. The average molecular weight is 561 g/mol. The summed E-state index contributed by atoms with van der Waals surface area (Å²) in [5, 5.41) is 12.6. The van der Waals surface area contributed by atoms with Crippen molar-refractivity contribution in [1.29, 1.82) is 0 Å². The van der Waals surface area contributed by atoms with Crippen molar-refractivity contribution in [3.05, 3.63) is 71.8 Å². The predicted molar refractivity (Wildman–Crippen MR) is 142 cm³/mol. The largest absolute Gasteiger partial charge is 0.492 e. The number of hydrogen-bond acceptors (Lipinski definition) is 7. The summed E-state index contributed by atoms with van der Waals surface area (Å²) in [6.07, 6.45) is -0.959. The quantitative estimate of drug-likeness (QED) is 0.274. The predicted octanol–water partition coefficient (Wildman–Crippen LogP) is 5.79. The van der Waals surface area contributed by atoms with Crippen LogP contribution < -0.4 is 10.1 Å². The van der Waals surface area contributed by atoms with Crippen LogP contribution in [0.2, 0.25) is 5.02 Å². The molecule has 2 aromatic heterocycles. The van der Waals surface area contributed by atoms with Gasteiger partial charge in [0.1, 0.15) is 18.2 Å². The van der Waals surface area contributed by atoms with Crippen LogP contribution in [0.3, 0.4) is 0 Å². The van der Waals surface area contributed by atoms with Gasteiger partial charge in [0, 0.05) is 66.6 Å². The lowest BCUT2D eigenvalue weighted by molar-refractivity contribution is -0.149. The zero-order valence-corrected chi connectivity index (χ0v) is 21.5. The molecular weight excluding hydrogens is 536 g/mol. The zero-order chi connectivity index (χ0) is 27.4. The Bertz CT molecular complexity index is 1450. The molecule has 1 saturated heterocycles. The van der Waals surface area contributed by atoms with Crippen LogP contribution in [0.5, 0.6) is 5.75 Å². The van der Waals surface area contributed by atoms with Crippen molar-refractivity contribution in [2.24, 2.45) is 0 Å². The van der Waals surface area contributed by atoms with E-state index in [9.17, 15) is 17.6 Å². The van der Waals surface area contributed by atoms with E-state index in [1.54, 1.807) is 18.5 Å². The highest BCUT2D eigenvalue weighted by atomic mass is 35.5. The van der Waals surface area contributed by atoms with Gasteiger partial charge in [-0.15, -0.1) is 0 Å². The highest BCUT2D eigenvalue weighted by Gasteiger charge is 2.32. The van der Waals surface area contributed by atoms with E-state index in [-0.39, 0.29) is 5.56 Å². The lowest BCUT2D eigenvalue weighted by Gasteiger charge is -2.34. The average Bonchev–Trinajstić information content (AvgIpc) is 2.90. The van der Waals surface area contributed by atoms with Crippen LogP contribution in [0.15, 0.2) is 60.9 Å². The number of halogens is 5. The number of piperazine rings is 1. The lowest BCUT2D eigenvalue weighted by Crippen LogP contribution is -2.49. The van der Waals surface area contributed by atoms with Gasteiger partial charge >= 0.3 is 6.18 Å². The first kappa shape index (κ1) is 27.0. The smallest absolute Gasteiger partial charge is 0.401 e. The maximum absolute atomic E-state index is 14.3. The van der Waals surface area contributed by atoms with Crippen molar-refractivity contribution in [3.63, 3.8) is 0 Å². The summed E-state index contributed by atoms with van der Waals surface area (Å²) in [5.41, 5.74) is 2.69. The fourth-order valence-corrected chi connectivity index (χ4v) is 4.63. The number of benzene rings is 2. The van der Waals surface area contributed by atoms with Crippen LogP contribution >= 0.6 is 11.6 Å². The second-order valence-electron chi connectivity index (χ2n) is 9.20. The molecule has 0 aliphatic carbocycles. The van der Waals surface area contributed by atoms with E-state index in [1.807, 2.05) is 24.3 Å². The number of hydrogen-bond donors (Lipinski definition) is 1. The SMILES string of the molecule is Fc1ccc(Cl)cc1-c1cc(Nc2ccnc3cc(OCCN4CCN(CC(F)(F)F)CC4)ccc23)cnn1. The molecule has 0 spiro atoms. The van der Waals surface area contributed by atoms with Gasteiger partial charge in [0.2, 0.25) is 0 Å². The summed E-state index contributed by atoms with van der Waals surface area (Å²) >= 11 is 6.02. The normalized spacial score (nSPS) is 15.0. The molecule has 204 valence electrons. The Balaban J connectivity index is 1.21. The molecule has 39 heavy (non-hydrogen) atoms. The number of rotatable bonds is 8. The van der Waals surface area contributed by atoms with Crippen LogP contribution in [-0.4, -0.2) is 77.0 Å². The molecule has 0 unspecified atom stereocenters. The number of anilines is 2. The van der Waals surface area contributed by atoms with Gasteiger partial charge in [-0.1, -0.05) is 11.6 Å². The van der Waals surface area contributed by atoms with E-state index in [2.05, 4.69) is 25.4 Å². The maximum atomic E-state index is 14.3. The van der Waals surface area contributed by atoms with Crippen molar-refractivity contribution >= 4 is 33.9 Å². The van der Waals surface area contributed by atoms with E-state index in [0.717, 1.165) is 11.1 Å². The fourth-order valence-electron chi connectivity index (χ4n) is 4.46. The highest BCUT2D eigenvalue weighted by Crippen LogP contribution is 2.30. The number of nitrogens with zero attached hydrogens (tertiary/aromatic N) is 5. The van der Waals surface area contributed by atoms with Crippen molar-refractivity contribution in [2.45, 2.75) is 6.18 Å². The molecule has 3 heterocycles. The van der Waals surface area contributed by atoms with E-state index < -0.39 is 18.5 Å². The first-order chi connectivity index (χ1) is 18.7. The number of ether oxygens (including phenoxy) is 1. The first-order valence-electron chi connectivity index (χ1n) is 12.3. The third kappa shape index (κ3) is 7.11. The lowest BCUT2D eigenvalue weighted by atomic mass is 10.1. The Morgan fingerprint density at radius 2 is 1.77 bits per heavy atom. The number of pyridine rings is 1. The van der Waals surface area contributed by atoms with Gasteiger partial charge in [-0.3, -0.25) is 14.8 Å². The molecule has 4 aromatic rings. The number of fused-ring (bicyclic) bond motifs is 1. The van der Waals surface area contributed by atoms with Crippen LogP contribution in [-0.2, 0) is 0 Å². The van der Waals surface area contributed by atoms with E-state index in [0.29, 0.717) is 67.0 Å². The van der Waals surface area contributed by atoms with Gasteiger partial charge in [0.25, 0.3) is 0 Å². The summed E-state index contributed by atoms with van der Waals surface area (Å²) in [5.74, 6) is 0.198. The number of aromatic nitrogens is 3. The Kier molecular flexibility index (Phi) is 8.10. The second-order valence-corrected chi connectivity index (χ2v) is 9.63. The molecule has 1 N–H and O–H groups in total. The zero-order valence-electron chi connectivity index (χ0n) is 20.8. The molecule has 0 atom stereocenters. The molecule has 1 aliphatic heterocycles. The molecule has 1 aliphatic rings. The summed E-state index contributed by atoms with van der Waals surface area (Å²) < 4.78 is 57.9. The standard InChI is InChI=1S/C27H25ClF4N6O/c28-18-1-4-23(29)22(13-18)26-14-19(16-34-36-26)35-24-5-6-33-25-15-20(2-3-21(24)25)39-12-11-37-7-9-38(10-8-37)17-27(30,31)32/h1-6,13-16H,7-12,17H2,(H,33,35,36). The molecular formula is C27H25ClF4N6O. The number of alkyl halides is 3. The van der Waals surface area contributed by atoms with Crippen LogP contribution in [0.4, 0.5) is 28.9 Å². The third-order valence-electron chi connectivity index (χ3n) is 6.40. The van der Waals surface area contributed by atoms with E-state index in [1.165, 1.54) is 23.1 Å². The van der Waals surface area contributed by atoms with Crippen molar-refractivity contribution < 1.29 is 22.3 Å². The molecule has 12 heteroatoms.